The maximum atomic E-state index is 11.8. The summed E-state index contributed by atoms with van der Waals surface area (Å²) >= 11 is 0. The number of benzene rings is 2. The van der Waals surface area contributed by atoms with Gasteiger partial charge in [-0.15, -0.1) is 0 Å². The number of ether oxygens (including phenoxy) is 1. The van der Waals surface area contributed by atoms with Crippen LogP contribution in [0.2, 0.25) is 0 Å². The van der Waals surface area contributed by atoms with E-state index >= 15 is 0 Å². The van der Waals surface area contributed by atoms with Crippen LogP contribution in [0.25, 0.3) is 17.2 Å². The minimum atomic E-state index is -3.84. The molecule has 2 rings (SSSR count). The normalized spacial score (nSPS) is 11.7. The number of nitrogens with two attached hydrogens (primary N) is 3. The van der Waals surface area contributed by atoms with Crippen LogP contribution >= 0.6 is 0 Å². The molecule has 0 unspecified atom stereocenters. The van der Waals surface area contributed by atoms with Gasteiger partial charge < -0.3 is 16.2 Å². The summed E-state index contributed by atoms with van der Waals surface area (Å²) in [5.41, 5.74) is 13.2. The van der Waals surface area contributed by atoms with E-state index in [2.05, 4.69) is 0 Å². The first-order chi connectivity index (χ1) is 13.0. The van der Waals surface area contributed by atoms with E-state index in [1.54, 1.807) is 19.9 Å². The third kappa shape index (κ3) is 5.18. The van der Waals surface area contributed by atoms with Crippen LogP contribution in [-0.4, -0.2) is 26.4 Å². The van der Waals surface area contributed by atoms with Gasteiger partial charge in [0, 0.05) is 11.6 Å². The summed E-state index contributed by atoms with van der Waals surface area (Å²) < 4.78 is 27.8. The van der Waals surface area contributed by atoms with Crippen molar-refractivity contribution >= 4 is 33.7 Å². The fraction of sp³-hybridized carbons (Fsp3) is 0.158. The van der Waals surface area contributed by atoms with Crippen molar-refractivity contribution in [2.45, 2.75) is 24.8 Å². The first-order valence-electron chi connectivity index (χ1n) is 8.24. The molecule has 0 heterocycles. The van der Waals surface area contributed by atoms with Gasteiger partial charge in [-0.1, -0.05) is 12.1 Å². The topological polar surface area (TPSA) is 156 Å². The molecule has 0 fully saturated rings. The fourth-order valence-electron chi connectivity index (χ4n) is 2.47. The molecule has 8 nitrogen and oxygen atoms in total. The van der Waals surface area contributed by atoms with Gasteiger partial charge in [0.25, 0.3) is 5.91 Å². The van der Waals surface area contributed by atoms with Gasteiger partial charge in [0.15, 0.2) is 0 Å². The molecule has 1 amide bonds. The SMILES string of the molecule is CC(C)OC(=O)/C=C/c1cc(C(N)=O)c(N)c(-c2ccc(S(N)(=O)=O)cc2)c1. The van der Waals surface area contributed by atoms with Gasteiger partial charge in [0.1, 0.15) is 0 Å². The van der Waals surface area contributed by atoms with E-state index in [0.29, 0.717) is 16.7 Å². The Balaban J connectivity index is 2.52. The van der Waals surface area contributed by atoms with Crippen LogP contribution in [0.1, 0.15) is 29.8 Å². The maximum Gasteiger partial charge on any atom is 0.331 e. The average molecular weight is 403 g/mol. The Morgan fingerprint density at radius 1 is 1.11 bits per heavy atom. The van der Waals surface area contributed by atoms with E-state index in [-0.39, 0.29) is 22.3 Å². The molecule has 0 aliphatic carbocycles. The van der Waals surface area contributed by atoms with Crippen molar-refractivity contribution in [3.05, 3.63) is 53.6 Å². The van der Waals surface area contributed by atoms with Gasteiger partial charge in [0.05, 0.1) is 22.3 Å². The van der Waals surface area contributed by atoms with Crippen molar-refractivity contribution < 1.29 is 22.7 Å². The Labute approximate surface area is 163 Å². The number of primary sulfonamides is 1. The molecule has 0 bridgehead atoms. The lowest BCUT2D eigenvalue weighted by atomic mass is 9.96. The zero-order chi connectivity index (χ0) is 21.1. The lowest BCUT2D eigenvalue weighted by Crippen LogP contribution is -2.14. The molecular formula is C19H21N3O5S. The number of primary amides is 1. The number of carbonyl (C=O) groups is 2. The molecular weight excluding hydrogens is 382 g/mol. The van der Waals surface area contributed by atoms with E-state index < -0.39 is 21.9 Å². The highest BCUT2D eigenvalue weighted by Gasteiger charge is 2.15. The van der Waals surface area contributed by atoms with Gasteiger partial charge >= 0.3 is 5.97 Å². The number of esters is 1. The third-order valence-electron chi connectivity index (χ3n) is 3.73. The van der Waals surface area contributed by atoms with Crippen molar-refractivity contribution in [3.8, 4) is 11.1 Å². The van der Waals surface area contributed by atoms with E-state index in [1.165, 1.54) is 42.5 Å². The molecule has 2 aromatic carbocycles. The van der Waals surface area contributed by atoms with Crippen LogP contribution in [-0.2, 0) is 19.6 Å². The minimum absolute atomic E-state index is 0.0579. The van der Waals surface area contributed by atoms with Crippen LogP contribution in [0, 0.1) is 0 Å². The number of hydrogen-bond acceptors (Lipinski definition) is 6. The van der Waals surface area contributed by atoms with Crippen molar-refractivity contribution in [1.29, 1.82) is 0 Å². The second-order valence-electron chi connectivity index (χ2n) is 6.28. The zero-order valence-corrected chi connectivity index (χ0v) is 16.2. The largest absolute Gasteiger partial charge is 0.460 e. The van der Waals surface area contributed by atoms with E-state index in [9.17, 15) is 18.0 Å². The fourth-order valence-corrected chi connectivity index (χ4v) is 2.99. The van der Waals surface area contributed by atoms with E-state index in [4.69, 9.17) is 21.3 Å². The van der Waals surface area contributed by atoms with Crippen LogP contribution in [0.3, 0.4) is 0 Å². The van der Waals surface area contributed by atoms with Gasteiger partial charge in [0.2, 0.25) is 10.0 Å². The monoisotopic (exact) mass is 403 g/mol. The molecule has 6 N–H and O–H groups in total. The Bertz CT molecular complexity index is 1040. The molecule has 148 valence electrons. The molecule has 0 atom stereocenters. The molecule has 0 aromatic heterocycles. The van der Waals surface area contributed by atoms with E-state index in [1.807, 2.05) is 0 Å². The molecule has 0 aliphatic rings. The lowest BCUT2D eigenvalue weighted by Gasteiger charge is -2.12. The number of anilines is 1. The van der Waals surface area contributed by atoms with Gasteiger partial charge in [-0.3, -0.25) is 4.79 Å². The van der Waals surface area contributed by atoms with Crippen LogP contribution in [0.4, 0.5) is 5.69 Å². The number of carbonyl (C=O) groups excluding carboxylic acids is 2. The second-order valence-corrected chi connectivity index (χ2v) is 7.84. The van der Waals surface area contributed by atoms with Crippen molar-refractivity contribution in [1.82, 2.24) is 0 Å². The maximum absolute atomic E-state index is 11.8. The molecule has 0 saturated carbocycles. The van der Waals surface area contributed by atoms with Crippen LogP contribution < -0.4 is 16.6 Å². The number of sulfonamides is 1. The molecule has 0 spiro atoms. The zero-order valence-electron chi connectivity index (χ0n) is 15.4. The third-order valence-corrected chi connectivity index (χ3v) is 4.65. The lowest BCUT2D eigenvalue weighted by molar-refractivity contribution is -0.141. The molecule has 0 radical (unpaired) electrons. The summed E-state index contributed by atoms with van der Waals surface area (Å²) in [6.45, 7) is 3.45. The molecule has 9 heteroatoms. The first-order valence-corrected chi connectivity index (χ1v) is 9.79. The molecule has 28 heavy (non-hydrogen) atoms. The van der Waals surface area contributed by atoms with Gasteiger partial charge in [-0.2, -0.15) is 0 Å². The highest BCUT2D eigenvalue weighted by Crippen LogP contribution is 2.31. The summed E-state index contributed by atoms with van der Waals surface area (Å²) in [5, 5.41) is 5.10. The quantitative estimate of drug-likeness (QED) is 0.378. The summed E-state index contributed by atoms with van der Waals surface area (Å²) in [6.07, 6.45) is 2.43. The van der Waals surface area contributed by atoms with Crippen LogP contribution in [0.5, 0.6) is 0 Å². The van der Waals surface area contributed by atoms with Crippen molar-refractivity contribution in [3.63, 3.8) is 0 Å². The highest BCUT2D eigenvalue weighted by molar-refractivity contribution is 7.89. The second kappa shape index (κ2) is 8.24. The van der Waals surface area contributed by atoms with Crippen molar-refractivity contribution in [2.24, 2.45) is 10.9 Å². The van der Waals surface area contributed by atoms with Crippen molar-refractivity contribution in [2.75, 3.05) is 5.73 Å². The number of amides is 1. The Kier molecular flexibility index (Phi) is 6.22. The summed E-state index contributed by atoms with van der Waals surface area (Å²) in [5.74, 6) is -1.27. The highest BCUT2D eigenvalue weighted by atomic mass is 32.2. The Hall–Kier alpha value is -3.17. The van der Waals surface area contributed by atoms with Gasteiger partial charge in [-0.25, -0.2) is 18.4 Å². The van der Waals surface area contributed by atoms with Crippen LogP contribution in [0.15, 0.2) is 47.4 Å². The van der Waals surface area contributed by atoms with E-state index in [0.717, 1.165) is 0 Å². The predicted molar refractivity (Wildman–Crippen MR) is 106 cm³/mol. The summed E-state index contributed by atoms with van der Waals surface area (Å²) in [4.78, 5) is 23.4. The molecule has 2 aromatic rings. The van der Waals surface area contributed by atoms with Gasteiger partial charge in [-0.05, 0) is 55.3 Å². The standard InChI is InChI=1S/C19H21N3O5S/c1-11(2)27-17(23)8-3-12-9-15(18(20)16(10-12)19(21)24)13-4-6-14(7-5-13)28(22,25)26/h3-11H,20H2,1-2H3,(H2,21,24)(H2,22,25,26)/b8-3+. The average Bonchev–Trinajstić information content (AvgIpc) is 2.59. The summed E-state index contributed by atoms with van der Waals surface area (Å²) in [7, 11) is -3.84. The summed E-state index contributed by atoms with van der Waals surface area (Å²) in [6, 6.07) is 8.78. The smallest absolute Gasteiger partial charge is 0.331 e. The minimum Gasteiger partial charge on any atom is -0.460 e. The number of rotatable bonds is 6. The first kappa shape index (κ1) is 21.1. The Morgan fingerprint density at radius 3 is 2.21 bits per heavy atom. The Morgan fingerprint density at radius 2 is 1.71 bits per heavy atom. The predicted octanol–water partition coefficient (Wildman–Crippen LogP) is 1.65. The number of nitrogen functional groups attached to an aromatic ring is 1. The number of hydrogen-bond donors (Lipinski definition) is 3. The molecule has 0 saturated heterocycles. The molecule has 0 aliphatic heterocycles.